The Hall–Kier alpha value is -0.470. The lowest BCUT2D eigenvalue weighted by molar-refractivity contribution is 0.329. The fourth-order valence-electron chi connectivity index (χ4n) is 2.26. The molecule has 2 N–H and O–H groups in total. The van der Waals surface area contributed by atoms with Crippen LogP contribution in [-0.2, 0) is 16.6 Å². The Kier molecular flexibility index (Phi) is 5.19. The topological polar surface area (TPSA) is 61.4 Å². The predicted octanol–water partition coefficient (Wildman–Crippen LogP) is 1.15. The molecule has 1 heterocycles. The van der Waals surface area contributed by atoms with Crippen molar-refractivity contribution in [3.63, 3.8) is 0 Å². The molecule has 1 saturated carbocycles. The predicted molar refractivity (Wildman–Crippen MR) is 82.7 cm³/mol. The van der Waals surface area contributed by atoms with E-state index < -0.39 is 10.0 Å². The van der Waals surface area contributed by atoms with Gasteiger partial charge in [-0.05, 0) is 44.8 Å². The van der Waals surface area contributed by atoms with Gasteiger partial charge in [-0.2, -0.15) is 0 Å². The summed E-state index contributed by atoms with van der Waals surface area (Å²) >= 11 is 1.49. The van der Waals surface area contributed by atoms with Crippen LogP contribution in [0, 0.1) is 6.92 Å². The van der Waals surface area contributed by atoms with Crippen LogP contribution < -0.4 is 10.0 Å². The first-order chi connectivity index (χ1) is 9.45. The fourth-order valence-corrected chi connectivity index (χ4v) is 5.10. The minimum Gasteiger partial charge on any atom is -0.315 e. The molecule has 0 unspecified atom stereocenters. The van der Waals surface area contributed by atoms with Crippen LogP contribution in [-0.4, -0.2) is 46.5 Å². The van der Waals surface area contributed by atoms with E-state index in [9.17, 15) is 8.42 Å². The van der Waals surface area contributed by atoms with E-state index in [0.717, 1.165) is 17.0 Å². The van der Waals surface area contributed by atoms with Gasteiger partial charge in [-0.15, -0.1) is 11.3 Å². The summed E-state index contributed by atoms with van der Waals surface area (Å²) < 4.78 is 27.6. The first-order valence-electron chi connectivity index (χ1n) is 6.87. The Morgan fingerprint density at radius 3 is 2.75 bits per heavy atom. The summed E-state index contributed by atoms with van der Waals surface area (Å²) in [7, 11) is 0.465. The van der Waals surface area contributed by atoms with Gasteiger partial charge < -0.3 is 10.2 Å². The molecule has 0 spiro atoms. The van der Waals surface area contributed by atoms with Crippen LogP contribution in [0.4, 0.5) is 0 Å². The maximum Gasteiger partial charge on any atom is 0.242 e. The molecule has 0 radical (unpaired) electrons. The van der Waals surface area contributed by atoms with Gasteiger partial charge in [-0.3, -0.25) is 0 Å². The van der Waals surface area contributed by atoms with E-state index in [0.29, 0.717) is 24.0 Å². The van der Waals surface area contributed by atoms with E-state index in [1.807, 2.05) is 26.4 Å². The molecule has 0 amide bonds. The number of likely N-dealkylation sites (N-methyl/N-ethyl adjacent to an activating group) is 1. The Morgan fingerprint density at radius 2 is 2.15 bits per heavy atom. The molecule has 1 aromatic rings. The summed E-state index contributed by atoms with van der Waals surface area (Å²) in [5, 5.41) is 4.92. The molecule has 114 valence electrons. The Balaban J connectivity index is 2.00. The van der Waals surface area contributed by atoms with Crippen LogP contribution >= 0.6 is 11.3 Å². The van der Waals surface area contributed by atoms with Crippen LogP contribution in [0.25, 0.3) is 0 Å². The van der Waals surface area contributed by atoms with E-state index in [1.54, 1.807) is 0 Å². The molecule has 20 heavy (non-hydrogen) atoms. The average Bonchev–Trinajstić information content (AvgIpc) is 3.14. The molecule has 5 nitrogen and oxygen atoms in total. The van der Waals surface area contributed by atoms with Crippen LogP contribution in [0.15, 0.2) is 10.3 Å². The second kappa shape index (κ2) is 6.53. The summed E-state index contributed by atoms with van der Waals surface area (Å²) in [5.41, 5.74) is 0.822. The van der Waals surface area contributed by atoms with Crippen molar-refractivity contribution in [3.8, 4) is 0 Å². The smallest absolute Gasteiger partial charge is 0.242 e. The number of nitrogens with one attached hydrogen (secondary N) is 2. The van der Waals surface area contributed by atoms with E-state index in [2.05, 4.69) is 14.9 Å². The monoisotopic (exact) mass is 317 g/mol. The van der Waals surface area contributed by atoms with Crippen LogP contribution in [0.3, 0.4) is 0 Å². The Labute approximate surface area is 125 Å². The Morgan fingerprint density at radius 1 is 1.45 bits per heavy atom. The highest BCUT2D eigenvalue weighted by molar-refractivity contribution is 7.89. The molecule has 2 rings (SSSR count). The number of rotatable bonds is 8. The minimum absolute atomic E-state index is 0.450. The van der Waals surface area contributed by atoms with Crippen molar-refractivity contribution >= 4 is 21.4 Å². The zero-order chi connectivity index (χ0) is 14.8. The number of hydrogen-bond acceptors (Lipinski definition) is 5. The summed E-state index contributed by atoms with van der Waals surface area (Å²) in [6.07, 6.45) is 2.47. The average molecular weight is 317 g/mol. The lowest BCUT2D eigenvalue weighted by Crippen LogP contribution is -2.34. The largest absolute Gasteiger partial charge is 0.315 e. The quantitative estimate of drug-likeness (QED) is 0.755. The van der Waals surface area contributed by atoms with E-state index in [4.69, 9.17) is 0 Å². The van der Waals surface area contributed by atoms with Crippen molar-refractivity contribution in [2.24, 2.45) is 0 Å². The molecule has 1 aliphatic rings. The zero-order valence-electron chi connectivity index (χ0n) is 12.3. The molecule has 0 aliphatic heterocycles. The molecule has 1 aliphatic carbocycles. The normalized spacial score (nSPS) is 16.0. The number of nitrogens with zero attached hydrogens (tertiary/aromatic N) is 1. The van der Waals surface area contributed by atoms with Crippen LogP contribution in [0.5, 0.6) is 0 Å². The number of sulfonamides is 1. The van der Waals surface area contributed by atoms with Crippen molar-refractivity contribution in [1.29, 1.82) is 0 Å². The second-order valence-corrected chi connectivity index (χ2v) is 7.98. The maximum atomic E-state index is 12.4. The highest BCUT2D eigenvalue weighted by Gasteiger charge is 2.26. The summed E-state index contributed by atoms with van der Waals surface area (Å²) in [6.45, 7) is 3.65. The van der Waals surface area contributed by atoms with E-state index in [1.165, 1.54) is 24.2 Å². The summed E-state index contributed by atoms with van der Waals surface area (Å²) in [6, 6.07) is 0.655. The molecule has 0 atom stereocenters. The third kappa shape index (κ3) is 3.79. The number of aryl methyl sites for hydroxylation is 1. The highest BCUT2D eigenvalue weighted by atomic mass is 32.2. The molecule has 0 saturated heterocycles. The van der Waals surface area contributed by atoms with Gasteiger partial charge in [0.1, 0.15) is 4.90 Å². The lowest BCUT2D eigenvalue weighted by Gasteiger charge is -2.16. The van der Waals surface area contributed by atoms with Gasteiger partial charge in [0.15, 0.2) is 0 Å². The third-order valence-corrected chi connectivity index (χ3v) is 6.45. The molecule has 0 bridgehead atoms. The zero-order valence-corrected chi connectivity index (χ0v) is 13.9. The standard InChI is InChI=1S/C13H23N3O2S2/c1-10-9-19-12(8-14-2)13(10)20(17,18)15-6-7-16(3)11-4-5-11/h9,11,14-15H,4-8H2,1-3H3. The van der Waals surface area contributed by atoms with Crippen molar-refractivity contribution in [1.82, 2.24) is 14.9 Å². The minimum atomic E-state index is -3.41. The van der Waals surface area contributed by atoms with Crippen molar-refractivity contribution in [2.45, 2.75) is 37.2 Å². The molecule has 7 heteroatoms. The SMILES string of the molecule is CNCc1scc(C)c1S(=O)(=O)NCCN(C)C1CC1. The number of hydrogen-bond donors (Lipinski definition) is 2. The van der Waals surface area contributed by atoms with Gasteiger partial charge in [0.2, 0.25) is 10.0 Å². The highest BCUT2D eigenvalue weighted by Crippen LogP contribution is 2.27. The lowest BCUT2D eigenvalue weighted by atomic mass is 10.3. The first-order valence-corrected chi connectivity index (χ1v) is 9.23. The summed E-state index contributed by atoms with van der Waals surface area (Å²) in [4.78, 5) is 3.54. The molecular weight excluding hydrogens is 294 g/mol. The van der Waals surface area contributed by atoms with Gasteiger partial charge in [0.25, 0.3) is 0 Å². The van der Waals surface area contributed by atoms with Crippen LogP contribution in [0.2, 0.25) is 0 Å². The van der Waals surface area contributed by atoms with E-state index >= 15 is 0 Å². The molecule has 1 fully saturated rings. The van der Waals surface area contributed by atoms with Crippen molar-refractivity contribution in [2.75, 3.05) is 27.2 Å². The third-order valence-electron chi connectivity index (χ3n) is 3.52. The second-order valence-electron chi connectivity index (χ2n) is 5.31. The Bertz CT molecular complexity index is 550. The maximum absolute atomic E-state index is 12.4. The van der Waals surface area contributed by atoms with Gasteiger partial charge in [-0.1, -0.05) is 0 Å². The molecule has 0 aromatic carbocycles. The summed E-state index contributed by atoms with van der Waals surface area (Å²) in [5.74, 6) is 0. The fraction of sp³-hybridized carbons (Fsp3) is 0.692. The van der Waals surface area contributed by atoms with Gasteiger partial charge in [0, 0.05) is 30.6 Å². The van der Waals surface area contributed by atoms with Gasteiger partial charge >= 0.3 is 0 Å². The van der Waals surface area contributed by atoms with Crippen LogP contribution in [0.1, 0.15) is 23.3 Å². The molecule has 1 aromatic heterocycles. The van der Waals surface area contributed by atoms with E-state index in [-0.39, 0.29) is 0 Å². The molecular formula is C13H23N3O2S2. The van der Waals surface area contributed by atoms with Crippen molar-refractivity contribution in [3.05, 3.63) is 15.8 Å². The number of thiophene rings is 1. The van der Waals surface area contributed by atoms with Gasteiger partial charge in [0.05, 0.1) is 0 Å². The first kappa shape index (κ1) is 15.9. The van der Waals surface area contributed by atoms with Crippen molar-refractivity contribution < 1.29 is 8.42 Å². The van der Waals surface area contributed by atoms with Gasteiger partial charge in [-0.25, -0.2) is 13.1 Å².